The van der Waals surface area contributed by atoms with Crippen molar-refractivity contribution in [3.8, 4) is 22.9 Å². The summed E-state index contributed by atoms with van der Waals surface area (Å²) >= 11 is 3.31. The highest BCUT2D eigenvalue weighted by Crippen LogP contribution is 2.41. The molecule has 3 heterocycles. The Morgan fingerprint density at radius 1 is 0.903 bits per heavy atom. The minimum Gasteiger partial charge on any atom is -0.436 e. The number of halogens is 1. The fourth-order valence-electron chi connectivity index (χ4n) is 3.75. The molecule has 0 spiro atoms. The van der Waals surface area contributed by atoms with Gasteiger partial charge in [-0.15, -0.1) is 32.9 Å². The van der Waals surface area contributed by atoms with Crippen LogP contribution in [0.5, 0.6) is 11.6 Å². The third kappa shape index (κ3) is 3.05. The van der Waals surface area contributed by atoms with Gasteiger partial charge in [0.15, 0.2) is 0 Å². The number of nitrogens with zero attached hydrogens (tertiary/aromatic N) is 3. The lowest BCUT2D eigenvalue weighted by Gasteiger charge is -2.11. The van der Waals surface area contributed by atoms with E-state index >= 15 is 0 Å². The van der Waals surface area contributed by atoms with Crippen molar-refractivity contribution in [2.24, 2.45) is 0 Å². The SMILES string of the molecule is Cc1nc2c(cc(Oc3nnc(-c4ccc(F)cc4)c4ccccc34)c3ccsc32)s1. The standard InChI is InChI=1S/C24H14FN3OS2/c1-13-26-22-20(31-13)12-19(18-10-11-30-23(18)22)29-24-17-5-3-2-4-16(17)21(27-28-24)14-6-8-15(25)9-7-14/h2-12H,1H3. The van der Waals surface area contributed by atoms with Gasteiger partial charge in [0.1, 0.15) is 17.3 Å². The van der Waals surface area contributed by atoms with Gasteiger partial charge in [-0.1, -0.05) is 18.2 Å². The largest absolute Gasteiger partial charge is 0.436 e. The fourth-order valence-corrected chi connectivity index (χ4v) is 5.58. The second kappa shape index (κ2) is 7.08. The average Bonchev–Trinajstić information content (AvgIpc) is 3.41. The van der Waals surface area contributed by atoms with Crippen LogP contribution in [-0.2, 0) is 0 Å². The summed E-state index contributed by atoms with van der Waals surface area (Å²) in [5.74, 6) is 0.894. The molecule has 7 heteroatoms. The number of aromatic nitrogens is 3. The zero-order valence-corrected chi connectivity index (χ0v) is 17.9. The van der Waals surface area contributed by atoms with Gasteiger partial charge in [-0.3, -0.25) is 0 Å². The van der Waals surface area contributed by atoms with Gasteiger partial charge in [-0.05, 0) is 48.7 Å². The number of rotatable bonds is 3. The van der Waals surface area contributed by atoms with E-state index in [4.69, 9.17) is 4.74 Å². The van der Waals surface area contributed by atoms with E-state index in [1.54, 1.807) is 34.8 Å². The van der Waals surface area contributed by atoms with Crippen molar-refractivity contribution < 1.29 is 9.13 Å². The van der Waals surface area contributed by atoms with Gasteiger partial charge in [-0.2, -0.15) is 0 Å². The molecule has 0 aliphatic rings. The fraction of sp³-hybridized carbons (Fsp3) is 0.0417. The normalized spacial score (nSPS) is 11.5. The second-order valence-corrected chi connectivity index (χ2v) is 9.28. The van der Waals surface area contributed by atoms with E-state index in [9.17, 15) is 4.39 Å². The Labute approximate surface area is 184 Å². The molecule has 0 aliphatic heterocycles. The minimum atomic E-state index is -0.283. The third-order valence-corrected chi connectivity index (χ3v) is 6.98. The summed E-state index contributed by atoms with van der Waals surface area (Å²) in [7, 11) is 0. The maximum atomic E-state index is 13.4. The molecule has 31 heavy (non-hydrogen) atoms. The van der Waals surface area contributed by atoms with Crippen LogP contribution in [0.2, 0.25) is 0 Å². The summed E-state index contributed by atoms with van der Waals surface area (Å²) in [5, 5.41) is 14.7. The first-order valence-corrected chi connectivity index (χ1v) is 11.3. The zero-order valence-electron chi connectivity index (χ0n) is 16.3. The van der Waals surface area contributed by atoms with E-state index < -0.39 is 0 Å². The molecule has 6 rings (SSSR count). The summed E-state index contributed by atoms with van der Waals surface area (Å²) < 4.78 is 21.9. The van der Waals surface area contributed by atoms with Gasteiger partial charge >= 0.3 is 0 Å². The lowest BCUT2D eigenvalue weighted by Crippen LogP contribution is -1.96. The van der Waals surface area contributed by atoms with E-state index in [1.165, 1.54) is 12.1 Å². The molecule has 3 aromatic carbocycles. The quantitative estimate of drug-likeness (QED) is 0.287. The molecule has 4 nitrogen and oxygen atoms in total. The van der Waals surface area contributed by atoms with Crippen LogP contribution < -0.4 is 4.74 Å². The molecule has 0 unspecified atom stereocenters. The van der Waals surface area contributed by atoms with E-state index in [1.807, 2.05) is 48.7 Å². The Hall–Kier alpha value is -3.42. The highest BCUT2D eigenvalue weighted by Gasteiger charge is 2.17. The van der Waals surface area contributed by atoms with Gasteiger partial charge in [0.25, 0.3) is 0 Å². The molecular formula is C24H14FN3OS2. The molecule has 0 radical (unpaired) electrons. The first-order valence-electron chi connectivity index (χ1n) is 9.64. The first-order chi connectivity index (χ1) is 15.2. The molecule has 3 aromatic heterocycles. The van der Waals surface area contributed by atoms with Gasteiger partial charge in [-0.25, -0.2) is 9.37 Å². The number of ether oxygens (including phenoxy) is 1. The number of thiophene rings is 1. The smallest absolute Gasteiger partial charge is 0.246 e. The molecule has 0 saturated heterocycles. The number of thiazole rings is 1. The van der Waals surface area contributed by atoms with Gasteiger partial charge in [0.05, 0.1) is 19.9 Å². The molecule has 0 amide bonds. The molecule has 6 aromatic rings. The summed E-state index contributed by atoms with van der Waals surface area (Å²) in [4.78, 5) is 4.68. The molecule has 0 aliphatic carbocycles. The van der Waals surface area contributed by atoms with Crippen LogP contribution in [0, 0.1) is 12.7 Å². The number of fused-ring (bicyclic) bond motifs is 4. The highest BCUT2D eigenvalue weighted by molar-refractivity contribution is 7.21. The Morgan fingerprint density at radius 3 is 2.55 bits per heavy atom. The summed E-state index contributed by atoms with van der Waals surface area (Å²) in [6.45, 7) is 2.01. The molecular weight excluding hydrogens is 429 g/mol. The van der Waals surface area contributed by atoms with E-state index in [0.29, 0.717) is 11.6 Å². The van der Waals surface area contributed by atoms with E-state index in [2.05, 4.69) is 15.2 Å². The van der Waals surface area contributed by atoms with E-state index in [-0.39, 0.29) is 5.82 Å². The summed E-state index contributed by atoms with van der Waals surface area (Å²) in [6, 6.07) is 18.2. The van der Waals surface area contributed by atoms with Crippen LogP contribution in [0.15, 0.2) is 66.0 Å². The first kappa shape index (κ1) is 18.4. The second-order valence-electron chi connectivity index (χ2n) is 7.13. The number of hydrogen-bond donors (Lipinski definition) is 0. The van der Waals surface area contributed by atoms with Crippen molar-refractivity contribution in [2.75, 3.05) is 0 Å². The molecule has 0 fully saturated rings. The van der Waals surface area contributed by atoms with Gasteiger partial charge < -0.3 is 4.74 Å². The van der Waals surface area contributed by atoms with Crippen LogP contribution in [0.25, 0.3) is 42.3 Å². The van der Waals surface area contributed by atoms with Crippen LogP contribution in [0.1, 0.15) is 5.01 Å². The molecule has 0 saturated carbocycles. The van der Waals surface area contributed by atoms with Crippen molar-refractivity contribution in [1.82, 2.24) is 15.2 Å². The Bertz CT molecular complexity index is 1590. The van der Waals surface area contributed by atoms with Gasteiger partial charge in [0, 0.05) is 27.8 Å². The minimum absolute atomic E-state index is 0.283. The van der Waals surface area contributed by atoms with Crippen molar-refractivity contribution in [3.63, 3.8) is 0 Å². The molecule has 0 atom stereocenters. The average molecular weight is 444 g/mol. The monoisotopic (exact) mass is 443 g/mol. The predicted octanol–water partition coefficient (Wildman–Crippen LogP) is 7.36. The Morgan fingerprint density at radius 2 is 1.71 bits per heavy atom. The third-order valence-electron chi connectivity index (χ3n) is 5.15. The van der Waals surface area contributed by atoms with Crippen LogP contribution in [0.4, 0.5) is 4.39 Å². The molecule has 0 bridgehead atoms. The van der Waals surface area contributed by atoms with Crippen molar-refractivity contribution >= 4 is 53.7 Å². The van der Waals surface area contributed by atoms with Crippen LogP contribution in [-0.4, -0.2) is 15.2 Å². The maximum Gasteiger partial charge on any atom is 0.246 e. The number of benzene rings is 3. The Balaban J connectivity index is 1.52. The molecule has 150 valence electrons. The highest BCUT2D eigenvalue weighted by atomic mass is 32.1. The molecule has 0 N–H and O–H groups in total. The zero-order chi connectivity index (χ0) is 20.9. The summed E-state index contributed by atoms with van der Waals surface area (Å²) in [6.07, 6.45) is 0. The van der Waals surface area contributed by atoms with Crippen molar-refractivity contribution in [1.29, 1.82) is 0 Å². The Kier molecular flexibility index (Phi) is 4.19. The maximum absolute atomic E-state index is 13.4. The van der Waals surface area contributed by atoms with Crippen LogP contribution >= 0.6 is 22.7 Å². The van der Waals surface area contributed by atoms with Gasteiger partial charge in [0.2, 0.25) is 5.88 Å². The van der Waals surface area contributed by atoms with Crippen LogP contribution in [0.3, 0.4) is 0 Å². The van der Waals surface area contributed by atoms with Crippen molar-refractivity contribution in [2.45, 2.75) is 6.92 Å². The lowest BCUT2D eigenvalue weighted by molar-refractivity contribution is 0.468. The number of hydrogen-bond acceptors (Lipinski definition) is 6. The number of aryl methyl sites for hydroxylation is 1. The topological polar surface area (TPSA) is 47.9 Å². The van der Waals surface area contributed by atoms with Crippen molar-refractivity contribution in [3.05, 3.63) is 76.9 Å². The lowest BCUT2D eigenvalue weighted by atomic mass is 10.0. The van der Waals surface area contributed by atoms with E-state index in [0.717, 1.165) is 47.4 Å². The predicted molar refractivity (Wildman–Crippen MR) is 125 cm³/mol. The summed E-state index contributed by atoms with van der Waals surface area (Å²) in [5.41, 5.74) is 2.51.